The lowest BCUT2D eigenvalue weighted by Gasteiger charge is -1.94. The molecule has 2 rings (SSSR count). The van der Waals surface area contributed by atoms with Crippen molar-refractivity contribution in [2.45, 2.75) is 6.92 Å². The van der Waals surface area contributed by atoms with E-state index in [9.17, 15) is 0 Å². The molecular formula is C10H7ClN6. The molecule has 0 saturated carbocycles. The second-order valence-corrected chi connectivity index (χ2v) is 3.77. The molecule has 0 atom stereocenters. The average molecular weight is 247 g/mol. The summed E-state index contributed by atoms with van der Waals surface area (Å²) in [7, 11) is 1.71. The Hall–Kier alpha value is -2.31. The number of nitriles is 2. The minimum Gasteiger partial charge on any atom is -0.328 e. The molecule has 2 heterocycles. The van der Waals surface area contributed by atoms with E-state index >= 15 is 0 Å². The summed E-state index contributed by atoms with van der Waals surface area (Å²) < 4.78 is 1.51. The van der Waals surface area contributed by atoms with Crippen LogP contribution in [0.3, 0.4) is 0 Å². The topological polar surface area (TPSA) is 94.1 Å². The van der Waals surface area contributed by atoms with Crippen LogP contribution >= 0.6 is 11.6 Å². The lowest BCUT2D eigenvalue weighted by atomic mass is 10.2. The van der Waals surface area contributed by atoms with Gasteiger partial charge in [-0.15, -0.1) is 0 Å². The van der Waals surface area contributed by atoms with Gasteiger partial charge in [-0.3, -0.25) is 4.68 Å². The number of nitrogens with one attached hydrogen (secondary N) is 1. The zero-order valence-electron chi connectivity index (χ0n) is 9.11. The number of hydrogen-bond donors (Lipinski definition) is 1. The van der Waals surface area contributed by atoms with E-state index in [1.807, 2.05) is 12.1 Å². The Morgan fingerprint density at radius 3 is 2.47 bits per heavy atom. The highest BCUT2D eigenvalue weighted by Gasteiger charge is 2.18. The highest BCUT2D eigenvalue weighted by Crippen LogP contribution is 2.28. The molecule has 0 aliphatic rings. The van der Waals surface area contributed by atoms with Gasteiger partial charge in [0.25, 0.3) is 0 Å². The average Bonchev–Trinajstić information content (AvgIpc) is 2.81. The van der Waals surface area contributed by atoms with Gasteiger partial charge in [0.1, 0.15) is 23.1 Å². The summed E-state index contributed by atoms with van der Waals surface area (Å²) in [6, 6.07) is 3.72. The van der Waals surface area contributed by atoms with E-state index in [1.54, 1.807) is 14.0 Å². The summed E-state index contributed by atoms with van der Waals surface area (Å²) in [5.74, 6) is 0.383. The Morgan fingerprint density at radius 1 is 1.35 bits per heavy atom. The normalized spacial score (nSPS) is 9.94. The molecule has 0 bridgehead atoms. The summed E-state index contributed by atoms with van der Waals surface area (Å²) in [4.78, 5) is 6.79. The fourth-order valence-electron chi connectivity index (χ4n) is 1.55. The monoisotopic (exact) mass is 246 g/mol. The molecule has 1 N–H and O–H groups in total. The third kappa shape index (κ3) is 1.65. The van der Waals surface area contributed by atoms with Crippen molar-refractivity contribution in [1.82, 2.24) is 19.7 Å². The quantitative estimate of drug-likeness (QED) is 0.825. The number of rotatable bonds is 1. The predicted octanol–water partition coefficient (Wildman–Crippen LogP) is 1.52. The minimum atomic E-state index is 0.0572. The molecule has 2 aromatic rings. The van der Waals surface area contributed by atoms with Gasteiger partial charge in [0, 0.05) is 7.05 Å². The molecule has 6 nitrogen and oxygen atoms in total. The fourth-order valence-corrected chi connectivity index (χ4v) is 1.82. The van der Waals surface area contributed by atoms with E-state index in [0.717, 1.165) is 0 Å². The predicted molar refractivity (Wildman–Crippen MR) is 60.0 cm³/mol. The first-order valence-corrected chi connectivity index (χ1v) is 5.06. The molecule has 0 aromatic carbocycles. The minimum absolute atomic E-state index is 0.0572. The zero-order valence-corrected chi connectivity index (χ0v) is 9.87. The van der Waals surface area contributed by atoms with Gasteiger partial charge < -0.3 is 4.98 Å². The first-order valence-electron chi connectivity index (χ1n) is 4.68. The van der Waals surface area contributed by atoms with E-state index in [-0.39, 0.29) is 11.4 Å². The van der Waals surface area contributed by atoms with Crippen LogP contribution in [-0.2, 0) is 7.05 Å². The van der Waals surface area contributed by atoms with Crippen LogP contribution in [0.15, 0.2) is 0 Å². The number of H-pyrrole nitrogens is 1. The maximum Gasteiger partial charge on any atom is 0.177 e. The largest absolute Gasteiger partial charge is 0.328 e. The fraction of sp³-hybridized carbons (Fsp3) is 0.200. The summed E-state index contributed by atoms with van der Waals surface area (Å²) in [5.41, 5.74) is 1.47. The van der Waals surface area contributed by atoms with Crippen LogP contribution in [0.2, 0.25) is 5.15 Å². The summed E-state index contributed by atoms with van der Waals surface area (Å²) in [5, 5.41) is 22.2. The van der Waals surface area contributed by atoms with Crippen molar-refractivity contribution in [3.63, 3.8) is 0 Å². The van der Waals surface area contributed by atoms with Crippen LogP contribution in [-0.4, -0.2) is 19.7 Å². The zero-order chi connectivity index (χ0) is 12.6. The molecule has 0 fully saturated rings. The molecule has 84 valence electrons. The van der Waals surface area contributed by atoms with Gasteiger partial charge in [-0.2, -0.15) is 15.6 Å². The molecule has 7 heteroatoms. The van der Waals surface area contributed by atoms with Crippen molar-refractivity contribution in [2.75, 3.05) is 0 Å². The van der Waals surface area contributed by atoms with E-state index in [0.29, 0.717) is 22.2 Å². The second-order valence-electron chi connectivity index (χ2n) is 3.41. The second kappa shape index (κ2) is 3.93. The number of hydrogen-bond acceptors (Lipinski definition) is 4. The molecule has 17 heavy (non-hydrogen) atoms. The Morgan fingerprint density at radius 2 is 2.06 bits per heavy atom. The van der Waals surface area contributed by atoms with Gasteiger partial charge in [-0.25, -0.2) is 4.98 Å². The number of halogens is 1. The Balaban J connectivity index is 2.67. The van der Waals surface area contributed by atoms with Crippen LogP contribution in [0.5, 0.6) is 0 Å². The van der Waals surface area contributed by atoms with Crippen molar-refractivity contribution in [2.24, 2.45) is 7.05 Å². The van der Waals surface area contributed by atoms with Crippen molar-refractivity contribution in [1.29, 1.82) is 10.5 Å². The molecule has 2 aromatic heterocycles. The third-order valence-electron chi connectivity index (χ3n) is 2.31. The highest BCUT2D eigenvalue weighted by atomic mass is 35.5. The van der Waals surface area contributed by atoms with Gasteiger partial charge in [0.05, 0.1) is 11.3 Å². The Kier molecular flexibility index (Phi) is 2.58. The number of aromatic amines is 1. The number of aromatic nitrogens is 4. The van der Waals surface area contributed by atoms with Gasteiger partial charge in [0.15, 0.2) is 11.4 Å². The number of imidazole rings is 1. The van der Waals surface area contributed by atoms with Crippen molar-refractivity contribution in [3.05, 3.63) is 22.2 Å². The molecular weight excluding hydrogens is 240 g/mol. The summed E-state index contributed by atoms with van der Waals surface area (Å²) in [6.07, 6.45) is 0. The Labute approximate surface area is 102 Å². The van der Waals surface area contributed by atoms with Gasteiger partial charge in [0.2, 0.25) is 0 Å². The van der Waals surface area contributed by atoms with Crippen LogP contribution in [0, 0.1) is 29.6 Å². The van der Waals surface area contributed by atoms with E-state index in [2.05, 4.69) is 15.1 Å². The molecule has 0 spiro atoms. The number of nitrogens with zero attached hydrogens (tertiary/aromatic N) is 5. The van der Waals surface area contributed by atoms with Crippen LogP contribution < -0.4 is 0 Å². The van der Waals surface area contributed by atoms with Crippen molar-refractivity contribution >= 4 is 11.6 Å². The smallest absolute Gasteiger partial charge is 0.177 e. The molecule has 0 unspecified atom stereocenters. The third-order valence-corrected chi connectivity index (χ3v) is 2.74. The molecule has 0 amide bonds. The molecule has 0 radical (unpaired) electrons. The van der Waals surface area contributed by atoms with Gasteiger partial charge >= 0.3 is 0 Å². The molecule has 0 aliphatic heterocycles. The van der Waals surface area contributed by atoms with E-state index < -0.39 is 0 Å². The first kappa shape index (κ1) is 11.2. The van der Waals surface area contributed by atoms with Gasteiger partial charge in [-0.1, -0.05) is 11.6 Å². The van der Waals surface area contributed by atoms with Crippen molar-refractivity contribution < 1.29 is 0 Å². The lowest BCUT2D eigenvalue weighted by Crippen LogP contribution is -1.89. The number of aryl methyl sites for hydroxylation is 2. The molecule has 0 saturated heterocycles. The van der Waals surface area contributed by atoms with Crippen LogP contribution in [0.25, 0.3) is 11.4 Å². The highest BCUT2D eigenvalue weighted by molar-refractivity contribution is 6.32. The standard InChI is InChI=1S/C10H7ClN6/c1-5-8(9(11)17(2)16-5)10-14-6(3-12)7(4-13)15-10/h1-2H3,(H,14,15). The van der Waals surface area contributed by atoms with E-state index in [1.165, 1.54) is 4.68 Å². The van der Waals surface area contributed by atoms with Gasteiger partial charge in [-0.05, 0) is 6.92 Å². The van der Waals surface area contributed by atoms with Crippen LogP contribution in [0.4, 0.5) is 0 Å². The Bertz CT molecular complexity index is 635. The SMILES string of the molecule is Cc1nn(C)c(Cl)c1-c1nc(C#N)c(C#N)[nH]1. The summed E-state index contributed by atoms with van der Waals surface area (Å²) >= 11 is 6.07. The maximum atomic E-state index is 8.83. The van der Waals surface area contributed by atoms with E-state index in [4.69, 9.17) is 22.1 Å². The summed E-state index contributed by atoms with van der Waals surface area (Å²) in [6.45, 7) is 1.78. The first-order chi connectivity index (χ1) is 8.08. The maximum absolute atomic E-state index is 8.83. The lowest BCUT2D eigenvalue weighted by molar-refractivity contribution is 0.757. The van der Waals surface area contributed by atoms with Crippen LogP contribution in [0.1, 0.15) is 17.1 Å². The van der Waals surface area contributed by atoms with Crippen molar-refractivity contribution in [3.8, 4) is 23.5 Å². The molecule has 0 aliphatic carbocycles.